The molecule has 94 valence electrons. The van der Waals surface area contributed by atoms with Crippen molar-refractivity contribution < 1.29 is 8.78 Å². The topological polar surface area (TPSA) is 38.9 Å². The van der Waals surface area contributed by atoms with E-state index in [0.29, 0.717) is 16.5 Å². The summed E-state index contributed by atoms with van der Waals surface area (Å²) in [6.07, 6.45) is 3.05. The highest BCUT2D eigenvalue weighted by molar-refractivity contribution is 9.10. The van der Waals surface area contributed by atoms with Crippen LogP contribution in [0.3, 0.4) is 0 Å². The van der Waals surface area contributed by atoms with E-state index in [-0.39, 0.29) is 5.82 Å². The number of benzene rings is 1. The fourth-order valence-electron chi connectivity index (χ4n) is 1.73. The fourth-order valence-corrected chi connectivity index (χ4v) is 2.24. The zero-order chi connectivity index (χ0) is 13.1. The molecule has 18 heavy (non-hydrogen) atoms. The second-order valence-electron chi connectivity index (χ2n) is 4.02. The highest BCUT2D eigenvalue weighted by Crippen LogP contribution is 2.20. The summed E-state index contributed by atoms with van der Waals surface area (Å²) in [5, 5.41) is 0. The Labute approximate surface area is 112 Å². The van der Waals surface area contributed by atoms with Crippen LogP contribution in [0, 0.1) is 11.6 Å². The monoisotopic (exact) mass is 312 g/mol. The van der Waals surface area contributed by atoms with Gasteiger partial charge in [-0.05, 0) is 41.8 Å². The summed E-state index contributed by atoms with van der Waals surface area (Å²) >= 11 is 3.22. The number of nitrogens with zero attached hydrogens (tertiary/aromatic N) is 1. The van der Waals surface area contributed by atoms with Crippen LogP contribution in [0.4, 0.5) is 8.78 Å². The van der Waals surface area contributed by atoms with Crippen LogP contribution in [0.15, 0.2) is 41.1 Å². The molecule has 2 nitrogen and oxygen atoms in total. The van der Waals surface area contributed by atoms with Crippen LogP contribution in [0.5, 0.6) is 0 Å². The van der Waals surface area contributed by atoms with Crippen molar-refractivity contribution >= 4 is 15.9 Å². The minimum absolute atomic E-state index is 0.330. The number of hydrogen-bond acceptors (Lipinski definition) is 2. The summed E-state index contributed by atoms with van der Waals surface area (Å²) in [5.41, 5.74) is 7.29. The van der Waals surface area contributed by atoms with E-state index in [2.05, 4.69) is 20.9 Å². The van der Waals surface area contributed by atoms with Gasteiger partial charge in [-0.15, -0.1) is 0 Å². The highest BCUT2D eigenvalue weighted by Gasteiger charge is 2.10. The van der Waals surface area contributed by atoms with Gasteiger partial charge in [0.15, 0.2) is 0 Å². The molecule has 0 saturated carbocycles. The molecule has 5 heteroatoms. The number of pyridine rings is 1. The second-order valence-corrected chi connectivity index (χ2v) is 4.94. The van der Waals surface area contributed by atoms with Crippen molar-refractivity contribution in [3.8, 4) is 0 Å². The lowest BCUT2D eigenvalue weighted by Crippen LogP contribution is -2.14. The van der Waals surface area contributed by atoms with Gasteiger partial charge in [0.2, 0.25) is 0 Å². The first-order chi connectivity index (χ1) is 8.54. The van der Waals surface area contributed by atoms with Crippen LogP contribution < -0.4 is 5.73 Å². The van der Waals surface area contributed by atoms with Crippen molar-refractivity contribution in [2.75, 3.05) is 0 Å². The maximum absolute atomic E-state index is 13.2. The fraction of sp³-hybridized carbons (Fsp3) is 0.154. The van der Waals surface area contributed by atoms with E-state index in [9.17, 15) is 8.78 Å². The Balaban J connectivity index is 2.18. The van der Waals surface area contributed by atoms with Gasteiger partial charge >= 0.3 is 0 Å². The van der Waals surface area contributed by atoms with Crippen LogP contribution in [-0.4, -0.2) is 4.98 Å². The van der Waals surface area contributed by atoms with Gasteiger partial charge in [-0.2, -0.15) is 0 Å². The minimum Gasteiger partial charge on any atom is -0.324 e. The van der Waals surface area contributed by atoms with Gasteiger partial charge in [0, 0.05) is 16.7 Å². The Kier molecular flexibility index (Phi) is 4.04. The van der Waals surface area contributed by atoms with E-state index in [4.69, 9.17) is 5.73 Å². The normalized spacial score (nSPS) is 12.4. The Hall–Kier alpha value is -1.33. The first-order valence-corrected chi connectivity index (χ1v) is 6.15. The zero-order valence-corrected chi connectivity index (χ0v) is 11.0. The van der Waals surface area contributed by atoms with Crippen LogP contribution >= 0.6 is 15.9 Å². The lowest BCUT2D eigenvalue weighted by atomic mass is 10.0. The van der Waals surface area contributed by atoms with E-state index < -0.39 is 11.9 Å². The number of rotatable bonds is 3. The molecule has 0 radical (unpaired) electrons. The average molecular weight is 313 g/mol. The van der Waals surface area contributed by atoms with Crippen molar-refractivity contribution in [3.63, 3.8) is 0 Å². The molecule has 1 heterocycles. The quantitative estimate of drug-likeness (QED) is 0.943. The molecule has 1 aromatic carbocycles. The lowest BCUT2D eigenvalue weighted by Gasteiger charge is -2.12. The van der Waals surface area contributed by atoms with E-state index >= 15 is 0 Å². The summed E-state index contributed by atoms with van der Waals surface area (Å²) in [6, 6.07) is 5.50. The van der Waals surface area contributed by atoms with Crippen molar-refractivity contribution in [1.82, 2.24) is 4.98 Å². The summed E-state index contributed by atoms with van der Waals surface area (Å²) in [5.74, 6) is -0.757. The molecule has 0 spiro atoms. The van der Waals surface area contributed by atoms with Crippen LogP contribution in [-0.2, 0) is 6.42 Å². The highest BCUT2D eigenvalue weighted by atomic mass is 79.9. The first kappa shape index (κ1) is 13.1. The molecule has 0 bridgehead atoms. The van der Waals surface area contributed by atoms with Gasteiger partial charge in [0.1, 0.15) is 11.6 Å². The summed E-state index contributed by atoms with van der Waals surface area (Å²) in [6.45, 7) is 0. The molecule has 2 aromatic rings. The number of nitrogens with two attached hydrogens (primary N) is 1. The van der Waals surface area contributed by atoms with Crippen LogP contribution in [0.25, 0.3) is 0 Å². The van der Waals surface area contributed by atoms with E-state index in [1.165, 1.54) is 24.4 Å². The summed E-state index contributed by atoms with van der Waals surface area (Å²) in [7, 11) is 0. The van der Waals surface area contributed by atoms with Crippen molar-refractivity contribution in [2.24, 2.45) is 5.73 Å². The van der Waals surface area contributed by atoms with Gasteiger partial charge in [-0.25, -0.2) is 8.78 Å². The van der Waals surface area contributed by atoms with E-state index in [0.717, 1.165) is 11.8 Å². The third-order valence-electron chi connectivity index (χ3n) is 2.53. The third kappa shape index (κ3) is 3.34. The Bertz CT molecular complexity index is 540. The summed E-state index contributed by atoms with van der Waals surface area (Å²) < 4.78 is 26.9. The molecule has 0 aliphatic carbocycles. The van der Waals surface area contributed by atoms with Gasteiger partial charge in [0.25, 0.3) is 0 Å². The Morgan fingerprint density at radius 3 is 2.56 bits per heavy atom. The third-order valence-corrected chi connectivity index (χ3v) is 2.99. The number of halogens is 3. The molecule has 2 rings (SSSR count). The largest absolute Gasteiger partial charge is 0.324 e. The molecule has 1 aromatic heterocycles. The predicted octanol–water partition coefficient (Wildman–Crippen LogP) is 3.36. The first-order valence-electron chi connectivity index (χ1n) is 5.35. The number of aromatic nitrogens is 1. The predicted molar refractivity (Wildman–Crippen MR) is 68.9 cm³/mol. The molecular weight excluding hydrogens is 302 g/mol. The second kappa shape index (κ2) is 5.54. The zero-order valence-electron chi connectivity index (χ0n) is 9.41. The van der Waals surface area contributed by atoms with Gasteiger partial charge in [-0.1, -0.05) is 15.9 Å². The molecule has 0 saturated heterocycles. The Morgan fingerprint density at radius 2 is 1.89 bits per heavy atom. The van der Waals surface area contributed by atoms with Gasteiger partial charge < -0.3 is 5.73 Å². The Morgan fingerprint density at radius 1 is 1.11 bits per heavy atom. The molecule has 0 aliphatic heterocycles. The van der Waals surface area contributed by atoms with E-state index in [1.807, 2.05) is 0 Å². The summed E-state index contributed by atoms with van der Waals surface area (Å²) in [4.78, 5) is 3.74. The van der Waals surface area contributed by atoms with Crippen LogP contribution in [0.2, 0.25) is 0 Å². The average Bonchev–Trinajstić information content (AvgIpc) is 2.27. The van der Waals surface area contributed by atoms with Crippen molar-refractivity contribution in [2.45, 2.75) is 12.5 Å². The SMILES string of the molecule is NC(Cc1cc(F)cc(Br)c1)c1cncc(F)c1. The maximum atomic E-state index is 13.2. The van der Waals surface area contributed by atoms with Gasteiger partial charge in [0.05, 0.1) is 6.20 Å². The van der Waals surface area contributed by atoms with E-state index in [1.54, 1.807) is 6.07 Å². The van der Waals surface area contributed by atoms with Crippen LogP contribution in [0.1, 0.15) is 17.2 Å². The smallest absolute Gasteiger partial charge is 0.141 e. The molecule has 1 atom stereocenters. The minimum atomic E-state index is -0.427. The molecule has 0 fully saturated rings. The van der Waals surface area contributed by atoms with Crippen molar-refractivity contribution in [1.29, 1.82) is 0 Å². The van der Waals surface area contributed by atoms with Crippen molar-refractivity contribution in [3.05, 3.63) is 63.9 Å². The standard InChI is InChI=1S/C13H11BrF2N2/c14-10-1-8(2-11(15)5-10)3-13(17)9-4-12(16)7-18-6-9/h1-2,4-7,13H,3,17H2. The lowest BCUT2D eigenvalue weighted by molar-refractivity contribution is 0.607. The molecular formula is C13H11BrF2N2. The maximum Gasteiger partial charge on any atom is 0.141 e. The molecule has 0 aliphatic rings. The van der Waals surface area contributed by atoms with Gasteiger partial charge in [-0.3, -0.25) is 4.98 Å². The molecule has 2 N–H and O–H groups in total. The molecule has 0 amide bonds. The molecule has 1 unspecified atom stereocenters. The number of hydrogen-bond donors (Lipinski definition) is 1.